The highest BCUT2D eigenvalue weighted by Crippen LogP contribution is 2.20. The lowest BCUT2D eigenvalue weighted by atomic mass is 10.2. The van der Waals surface area contributed by atoms with E-state index in [-0.39, 0.29) is 11.6 Å². The maximum Gasteiger partial charge on any atom is 0.275 e. The smallest absolute Gasteiger partial charge is 0.275 e. The Balaban J connectivity index is 2.27. The highest BCUT2D eigenvalue weighted by Gasteiger charge is 2.16. The molecule has 2 rings (SSSR count). The van der Waals surface area contributed by atoms with Crippen LogP contribution >= 0.6 is 11.6 Å². The first-order valence-electron chi connectivity index (χ1n) is 6.23. The number of carbonyl (C=O) groups excluding carboxylic acids is 1. The quantitative estimate of drug-likeness (QED) is 0.907. The molecule has 0 atom stereocenters. The molecule has 0 saturated heterocycles. The predicted octanol–water partition coefficient (Wildman–Crippen LogP) is 2.32. The second kappa shape index (κ2) is 5.92. The molecule has 0 fully saturated rings. The van der Waals surface area contributed by atoms with Gasteiger partial charge in [-0.25, -0.2) is 4.98 Å². The molecule has 1 amide bonds. The number of aryl methyl sites for hydroxylation is 2. The van der Waals surface area contributed by atoms with Gasteiger partial charge in [-0.3, -0.25) is 9.48 Å². The van der Waals surface area contributed by atoms with Crippen molar-refractivity contribution in [1.29, 1.82) is 0 Å². The molecule has 106 valence electrons. The Morgan fingerprint density at radius 1 is 1.45 bits per heavy atom. The molecule has 0 aliphatic heterocycles. The maximum atomic E-state index is 12.3. The van der Waals surface area contributed by atoms with Gasteiger partial charge in [0.25, 0.3) is 5.91 Å². The zero-order chi connectivity index (χ0) is 14.7. The number of rotatable bonds is 4. The van der Waals surface area contributed by atoms with E-state index in [1.165, 1.54) is 0 Å². The third-order valence-electron chi connectivity index (χ3n) is 2.81. The second-order valence-corrected chi connectivity index (χ2v) is 4.65. The van der Waals surface area contributed by atoms with Crippen molar-refractivity contribution in [2.45, 2.75) is 13.3 Å². The Labute approximate surface area is 122 Å². The molecule has 6 nitrogen and oxygen atoms in total. The fourth-order valence-electron chi connectivity index (χ4n) is 1.82. The van der Waals surface area contributed by atoms with Crippen molar-refractivity contribution in [3.63, 3.8) is 0 Å². The maximum absolute atomic E-state index is 12.3. The van der Waals surface area contributed by atoms with E-state index in [4.69, 9.17) is 11.6 Å². The van der Waals surface area contributed by atoms with Crippen LogP contribution in [0, 0.1) is 0 Å². The molecule has 2 heterocycles. The summed E-state index contributed by atoms with van der Waals surface area (Å²) in [5.74, 6) is 0.233. The average Bonchev–Trinajstić information content (AvgIpc) is 2.79. The Morgan fingerprint density at radius 3 is 2.85 bits per heavy atom. The first kappa shape index (κ1) is 14.3. The summed E-state index contributed by atoms with van der Waals surface area (Å²) in [7, 11) is 3.54. The minimum atomic E-state index is -0.352. The normalized spacial score (nSPS) is 10.4. The number of pyridine rings is 1. The number of halogens is 1. The number of nitrogens with one attached hydrogen (secondary N) is 2. The molecule has 7 heteroatoms. The van der Waals surface area contributed by atoms with Crippen molar-refractivity contribution in [3.8, 4) is 0 Å². The van der Waals surface area contributed by atoms with Gasteiger partial charge in [0.05, 0.1) is 16.4 Å². The van der Waals surface area contributed by atoms with Crippen molar-refractivity contribution < 1.29 is 4.79 Å². The third kappa shape index (κ3) is 2.91. The Hall–Kier alpha value is -2.08. The molecular formula is C13H16ClN5O. The molecular weight excluding hydrogens is 278 g/mol. The minimum Gasteiger partial charge on any atom is -0.373 e. The van der Waals surface area contributed by atoms with Gasteiger partial charge in [0.2, 0.25) is 0 Å². The largest absolute Gasteiger partial charge is 0.373 e. The van der Waals surface area contributed by atoms with Gasteiger partial charge in [0.15, 0.2) is 0 Å². The number of aromatic nitrogens is 3. The summed E-state index contributed by atoms with van der Waals surface area (Å²) in [6, 6.07) is 3.35. The Bertz CT molecular complexity index is 638. The first-order chi connectivity index (χ1) is 9.55. The highest BCUT2D eigenvalue weighted by atomic mass is 35.5. The van der Waals surface area contributed by atoms with Gasteiger partial charge < -0.3 is 10.6 Å². The Morgan fingerprint density at radius 2 is 2.20 bits per heavy atom. The summed E-state index contributed by atoms with van der Waals surface area (Å²) in [6.07, 6.45) is 2.49. The molecule has 0 radical (unpaired) electrons. The van der Waals surface area contributed by atoms with Crippen LogP contribution in [0.3, 0.4) is 0 Å². The van der Waals surface area contributed by atoms with Crippen LogP contribution in [-0.2, 0) is 13.5 Å². The highest BCUT2D eigenvalue weighted by molar-refractivity contribution is 6.34. The monoisotopic (exact) mass is 293 g/mol. The zero-order valence-corrected chi connectivity index (χ0v) is 12.3. The molecule has 0 aliphatic rings. The predicted molar refractivity (Wildman–Crippen MR) is 79.3 cm³/mol. The zero-order valence-electron chi connectivity index (χ0n) is 11.6. The molecule has 0 aromatic carbocycles. The lowest BCUT2D eigenvalue weighted by Crippen LogP contribution is -2.15. The van der Waals surface area contributed by atoms with Crippen molar-refractivity contribution in [3.05, 3.63) is 34.7 Å². The SMILES string of the molecule is CCc1nn(C)cc1NC(=O)c1nc(NC)ccc1Cl. The summed E-state index contributed by atoms with van der Waals surface area (Å²) in [5.41, 5.74) is 1.68. The first-order valence-corrected chi connectivity index (χ1v) is 6.61. The molecule has 0 spiro atoms. The number of hydrogen-bond donors (Lipinski definition) is 2. The van der Waals surface area contributed by atoms with Crippen LogP contribution < -0.4 is 10.6 Å². The van der Waals surface area contributed by atoms with Crippen molar-refractivity contribution in [2.24, 2.45) is 7.05 Å². The number of amides is 1. The molecule has 0 aliphatic carbocycles. The summed E-state index contributed by atoms with van der Waals surface area (Å²) < 4.78 is 1.66. The van der Waals surface area contributed by atoms with E-state index in [0.717, 1.165) is 12.1 Å². The number of carbonyl (C=O) groups is 1. The van der Waals surface area contributed by atoms with E-state index in [9.17, 15) is 4.79 Å². The topological polar surface area (TPSA) is 71.8 Å². The van der Waals surface area contributed by atoms with Crippen LogP contribution in [0.15, 0.2) is 18.3 Å². The van der Waals surface area contributed by atoms with Crippen LogP contribution in [0.2, 0.25) is 5.02 Å². The summed E-state index contributed by atoms with van der Waals surface area (Å²) in [6.45, 7) is 1.98. The number of anilines is 2. The Kier molecular flexibility index (Phi) is 4.24. The van der Waals surface area contributed by atoms with Gasteiger partial charge in [-0.2, -0.15) is 5.10 Å². The van der Waals surface area contributed by atoms with Crippen LogP contribution in [0.25, 0.3) is 0 Å². The summed E-state index contributed by atoms with van der Waals surface area (Å²) in [4.78, 5) is 16.4. The molecule has 0 saturated carbocycles. The van der Waals surface area contributed by atoms with E-state index in [1.807, 2.05) is 14.0 Å². The van der Waals surface area contributed by atoms with Crippen molar-refractivity contribution >= 4 is 29.0 Å². The lowest BCUT2D eigenvalue weighted by Gasteiger charge is -2.07. The molecule has 2 aromatic rings. The average molecular weight is 294 g/mol. The van der Waals surface area contributed by atoms with E-state index < -0.39 is 0 Å². The number of hydrogen-bond acceptors (Lipinski definition) is 4. The molecule has 2 aromatic heterocycles. The number of nitrogens with zero attached hydrogens (tertiary/aromatic N) is 3. The van der Waals surface area contributed by atoms with Crippen molar-refractivity contribution in [1.82, 2.24) is 14.8 Å². The minimum absolute atomic E-state index is 0.185. The molecule has 0 bridgehead atoms. The standard InChI is InChI=1S/C13H16ClN5O/c1-4-9-10(7-19(3)18-9)16-13(20)12-8(14)5-6-11(15-2)17-12/h5-7H,4H2,1-3H3,(H,15,17)(H,16,20). The molecule has 2 N–H and O–H groups in total. The summed E-state index contributed by atoms with van der Waals surface area (Å²) in [5, 5.41) is 10.2. The van der Waals surface area contributed by atoms with Crippen LogP contribution in [0.5, 0.6) is 0 Å². The van der Waals surface area contributed by atoms with Gasteiger partial charge in [-0.1, -0.05) is 18.5 Å². The van der Waals surface area contributed by atoms with Crippen LogP contribution in [-0.4, -0.2) is 27.7 Å². The fourth-order valence-corrected chi connectivity index (χ4v) is 2.01. The molecule has 0 unspecified atom stereocenters. The van der Waals surface area contributed by atoms with Crippen LogP contribution in [0.1, 0.15) is 23.1 Å². The van der Waals surface area contributed by atoms with Gasteiger partial charge in [-0.15, -0.1) is 0 Å². The summed E-state index contributed by atoms with van der Waals surface area (Å²) >= 11 is 6.02. The van der Waals surface area contributed by atoms with Gasteiger partial charge in [0, 0.05) is 20.3 Å². The van der Waals surface area contributed by atoms with E-state index >= 15 is 0 Å². The van der Waals surface area contributed by atoms with E-state index in [0.29, 0.717) is 16.5 Å². The van der Waals surface area contributed by atoms with E-state index in [2.05, 4.69) is 20.7 Å². The van der Waals surface area contributed by atoms with Crippen molar-refractivity contribution in [2.75, 3.05) is 17.7 Å². The third-order valence-corrected chi connectivity index (χ3v) is 3.11. The lowest BCUT2D eigenvalue weighted by molar-refractivity contribution is 0.102. The fraction of sp³-hybridized carbons (Fsp3) is 0.308. The van der Waals surface area contributed by atoms with Gasteiger partial charge in [0.1, 0.15) is 11.5 Å². The second-order valence-electron chi connectivity index (χ2n) is 4.25. The van der Waals surface area contributed by atoms with E-state index in [1.54, 1.807) is 30.1 Å². The van der Waals surface area contributed by atoms with Gasteiger partial charge in [-0.05, 0) is 18.6 Å². The van der Waals surface area contributed by atoms with Gasteiger partial charge >= 0.3 is 0 Å². The molecule has 20 heavy (non-hydrogen) atoms. The van der Waals surface area contributed by atoms with Crippen LogP contribution in [0.4, 0.5) is 11.5 Å².